The second-order valence-corrected chi connectivity index (χ2v) is 4.37. The Morgan fingerprint density at radius 1 is 1.12 bits per heavy atom. The van der Waals surface area contributed by atoms with Gasteiger partial charge >= 0.3 is 0 Å². The van der Waals surface area contributed by atoms with Crippen LogP contribution in [0.25, 0.3) is 0 Å². The number of imidazole rings is 1. The molecule has 0 saturated carbocycles. The maximum absolute atomic E-state index is 4.19. The molecule has 90 valence electrons. The van der Waals surface area contributed by atoms with E-state index in [-0.39, 0.29) is 0 Å². The minimum atomic E-state index is 1.07. The molecular weight excluding hydrogens is 208 g/mol. The van der Waals surface area contributed by atoms with Crippen LogP contribution in [0.4, 0.5) is 0 Å². The summed E-state index contributed by atoms with van der Waals surface area (Å²) in [6, 6.07) is 10.7. The number of aryl methyl sites for hydroxylation is 3. The van der Waals surface area contributed by atoms with E-state index in [1.807, 2.05) is 12.5 Å². The number of hydrogen-bond donors (Lipinski definition) is 0. The van der Waals surface area contributed by atoms with Gasteiger partial charge in [0.25, 0.3) is 0 Å². The largest absolute Gasteiger partial charge is 0.335 e. The molecule has 2 heteroatoms. The average Bonchev–Trinajstić information content (AvgIpc) is 2.83. The Labute approximate surface area is 103 Å². The van der Waals surface area contributed by atoms with Crippen molar-refractivity contribution in [3.8, 4) is 0 Å². The predicted octanol–water partition coefficient (Wildman–Crippen LogP) is 3.47. The second-order valence-electron chi connectivity index (χ2n) is 4.37. The van der Waals surface area contributed by atoms with Crippen LogP contribution in [-0.2, 0) is 19.4 Å². The minimum absolute atomic E-state index is 1.07. The molecule has 2 aromatic rings. The van der Waals surface area contributed by atoms with E-state index >= 15 is 0 Å². The van der Waals surface area contributed by atoms with Crippen molar-refractivity contribution in [3.05, 3.63) is 54.1 Å². The van der Waals surface area contributed by atoms with E-state index in [1.54, 1.807) is 0 Å². The molecule has 0 atom stereocenters. The number of nitrogens with zero attached hydrogens (tertiary/aromatic N) is 2. The first-order valence-corrected chi connectivity index (χ1v) is 6.43. The molecule has 0 aliphatic carbocycles. The summed E-state index contributed by atoms with van der Waals surface area (Å²) in [4.78, 5) is 4.19. The number of aromatic nitrogens is 2. The predicted molar refractivity (Wildman–Crippen MR) is 71.0 cm³/mol. The Morgan fingerprint density at radius 3 is 2.71 bits per heavy atom. The molecule has 0 radical (unpaired) electrons. The van der Waals surface area contributed by atoms with Crippen molar-refractivity contribution in [3.63, 3.8) is 0 Å². The van der Waals surface area contributed by atoms with Crippen LogP contribution >= 0.6 is 0 Å². The monoisotopic (exact) mass is 228 g/mol. The Hall–Kier alpha value is -1.57. The highest BCUT2D eigenvalue weighted by atomic mass is 15.0. The summed E-state index contributed by atoms with van der Waals surface area (Å²) in [6.45, 7) is 3.27. The Morgan fingerprint density at radius 2 is 1.94 bits per heavy atom. The summed E-state index contributed by atoms with van der Waals surface area (Å²) in [7, 11) is 0. The highest BCUT2D eigenvalue weighted by molar-refractivity contribution is 5.14. The van der Waals surface area contributed by atoms with Gasteiger partial charge in [-0.05, 0) is 31.2 Å². The van der Waals surface area contributed by atoms with Gasteiger partial charge in [-0.3, -0.25) is 0 Å². The molecule has 0 amide bonds. The lowest BCUT2D eigenvalue weighted by atomic mass is 10.1. The molecule has 1 aromatic carbocycles. The molecule has 0 unspecified atom stereocenters. The summed E-state index contributed by atoms with van der Waals surface area (Å²) < 4.78 is 2.27. The maximum atomic E-state index is 4.19. The fraction of sp³-hybridized carbons (Fsp3) is 0.400. The minimum Gasteiger partial charge on any atom is -0.335 e. The topological polar surface area (TPSA) is 17.8 Å². The molecule has 0 N–H and O–H groups in total. The molecule has 0 bridgehead atoms. The van der Waals surface area contributed by atoms with E-state index in [0.29, 0.717) is 0 Å². The molecule has 0 fully saturated rings. The Bertz CT molecular complexity index is 431. The highest BCUT2D eigenvalue weighted by Crippen LogP contribution is 2.07. The van der Waals surface area contributed by atoms with Gasteiger partial charge in [-0.2, -0.15) is 0 Å². The molecule has 1 aromatic heterocycles. The maximum Gasteiger partial charge on any atom is 0.0948 e. The smallest absolute Gasteiger partial charge is 0.0948 e. The third-order valence-corrected chi connectivity index (χ3v) is 3.12. The summed E-state index contributed by atoms with van der Waals surface area (Å²) >= 11 is 0. The lowest BCUT2D eigenvalue weighted by Gasteiger charge is -2.06. The molecule has 2 rings (SSSR count). The van der Waals surface area contributed by atoms with E-state index in [9.17, 15) is 0 Å². The number of hydrogen-bond acceptors (Lipinski definition) is 1. The quantitative estimate of drug-likeness (QED) is 0.692. The van der Waals surface area contributed by atoms with Crippen molar-refractivity contribution in [2.75, 3.05) is 0 Å². The van der Waals surface area contributed by atoms with Crippen molar-refractivity contribution in [1.29, 1.82) is 0 Å². The SMILES string of the molecule is CCc1cncn1CCCCc1ccccc1. The normalized spacial score (nSPS) is 10.6. The van der Waals surface area contributed by atoms with Crippen molar-refractivity contribution in [1.82, 2.24) is 9.55 Å². The zero-order valence-corrected chi connectivity index (χ0v) is 10.5. The fourth-order valence-corrected chi connectivity index (χ4v) is 2.10. The van der Waals surface area contributed by atoms with E-state index in [0.717, 1.165) is 13.0 Å². The van der Waals surface area contributed by atoms with Gasteiger partial charge in [0, 0.05) is 18.4 Å². The third-order valence-electron chi connectivity index (χ3n) is 3.12. The first-order chi connectivity index (χ1) is 8.40. The van der Waals surface area contributed by atoms with Gasteiger partial charge in [0.15, 0.2) is 0 Å². The van der Waals surface area contributed by atoms with Crippen molar-refractivity contribution >= 4 is 0 Å². The van der Waals surface area contributed by atoms with E-state index in [1.165, 1.54) is 30.5 Å². The summed E-state index contributed by atoms with van der Waals surface area (Å²) in [5.41, 5.74) is 2.78. The van der Waals surface area contributed by atoms with Crippen LogP contribution in [0.2, 0.25) is 0 Å². The molecule has 0 aliphatic rings. The molecule has 0 spiro atoms. The van der Waals surface area contributed by atoms with Crippen molar-refractivity contribution < 1.29 is 0 Å². The summed E-state index contributed by atoms with van der Waals surface area (Å²) in [6.07, 6.45) is 8.62. The van der Waals surface area contributed by atoms with Crippen molar-refractivity contribution in [2.24, 2.45) is 0 Å². The molecular formula is C15H20N2. The second kappa shape index (κ2) is 6.24. The number of benzene rings is 1. The van der Waals surface area contributed by atoms with Crippen LogP contribution in [0, 0.1) is 0 Å². The van der Waals surface area contributed by atoms with Gasteiger partial charge in [-0.15, -0.1) is 0 Å². The van der Waals surface area contributed by atoms with Gasteiger partial charge in [-0.1, -0.05) is 37.3 Å². The van der Waals surface area contributed by atoms with Crippen LogP contribution < -0.4 is 0 Å². The Balaban J connectivity index is 1.73. The summed E-state index contributed by atoms with van der Waals surface area (Å²) in [5, 5.41) is 0. The fourth-order valence-electron chi connectivity index (χ4n) is 2.10. The first kappa shape index (κ1) is 11.9. The van der Waals surface area contributed by atoms with Crippen LogP contribution in [0.15, 0.2) is 42.9 Å². The van der Waals surface area contributed by atoms with Gasteiger partial charge < -0.3 is 4.57 Å². The lowest BCUT2D eigenvalue weighted by Crippen LogP contribution is -2.01. The highest BCUT2D eigenvalue weighted by Gasteiger charge is 1.99. The lowest BCUT2D eigenvalue weighted by molar-refractivity contribution is 0.592. The van der Waals surface area contributed by atoms with E-state index < -0.39 is 0 Å². The van der Waals surface area contributed by atoms with E-state index in [4.69, 9.17) is 0 Å². The van der Waals surface area contributed by atoms with Gasteiger partial charge in [-0.25, -0.2) is 4.98 Å². The molecule has 1 heterocycles. The number of unbranched alkanes of at least 4 members (excludes halogenated alkanes) is 1. The zero-order valence-electron chi connectivity index (χ0n) is 10.5. The van der Waals surface area contributed by atoms with Crippen LogP contribution in [0.3, 0.4) is 0 Å². The van der Waals surface area contributed by atoms with Gasteiger partial charge in [0.1, 0.15) is 0 Å². The molecule has 0 aliphatic heterocycles. The van der Waals surface area contributed by atoms with Crippen LogP contribution in [0.5, 0.6) is 0 Å². The van der Waals surface area contributed by atoms with Gasteiger partial charge in [0.2, 0.25) is 0 Å². The van der Waals surface area contributed by atoms with Crippen LogP contribution in [-0.4, -0.2) is 9.55 Å². The van der Waals surface area contributed by atoms with E-state index in [2.05, 4.69) is 46.8 Å². The zero-order chi connectivity index (χ0) is 11.9. The van der Waals surface area contributed by atoms with Crippen LogP contribution in [0.1, 0.15) is 31.0 Å². The molecule has 17 heavy (non-hydrogen) atoms. The standard InChI is InChI=1S/C15H20N2/c1-2-15-12-16-13-17(15)11-7-6-10-14-8-4-3-5-9-14/h3-5,8-9,12-13H,2,6-7,10-11H2,1H3. The summed E-state index contributed by atoms with van der Waals surface area (Å²) in [5.74, 6) is 0. The van der Waals surface area contributed by atoms with Gasteiger partial charge in [0.05, 0.1) is 6.33 Å². The first-order valence-electron chi connectivity index (χ1n) is 6.43. The van der Waals surface area contributed by atoms with Crippen molar-refractivity contribution in [2.45, 2.75) is 39.2 Å². The molecule has 0 saturated heterocycles. The molecule has 2 nitrogen and oxygen atoms in total. The third kappa shape index (κ3) is 3.45. The Kier molecular flexibility index (Phi) is 4.37. The number of rotatable bonds is 6. The average molecular weight is 228 g/mol.